The molecule has 2 aromatic carbocycles. The fourth-order valence-corrected chi connectivity index (χ4v) is 3.73. The van der Waals surface area contributed by atoms with Crippen LogP contribution in [-0.4, -0.2) is 46.3 Å². The smallest absolute Gasteiger partial charge is 0.490 e. The van der Waals surface area contributed by atoms with E-state index < -0.39 is 12.1 Å². The average Bonchev–Trinajstić information content (AvgIpc) is 3.24. The number of aliphatic carboxylic acids is 1. The molecule has 0 saturated heterocycles. The van der Waals surface area contributed by atoms with E-state index in [0.29, 0.717) is 10.9 Å². The highest BCUT2D eigenvalue weighted by molar-refractivity contribution is 6.30. The van der Waals surface area contributed by atoms with E-state index in [4.69, 9.17) is 41.8 Å². The number of benzene rings is 2. The SMILES string of the molecule is COc1ccccc1-n1nc(O[C@H]2CC[C@@H](N)CC2)cc1-c1ccc(Cl)cc1.O=C(O)C(F)(F)F. The third-order valence-corrected chi connectivity index (χ3v) is 5.64. The average molecular weight is 512 g/mol. The lowest BCUT2D eigenvalue weighted by molar-refractivity contribution is -0.192. The van der Waals surface area contributed by atoms with Gasteiger partial charge >= 0.3 is 12.1 Å². The second-order valence-electron chi connectivity index (χ2n) is 7.92. The van der Waals surface area contributed by atoms with Crippen LogP contribution in [0, 0.1) is 0 Å². The molecule has 3 N–H and O–H groups in total. The molecule has 0 spiro atoms. The highest BCUT2D eigenvalue weighted by Gasteiger charge is 2.38. The largest absolute Gasteiger partial charge is 0.494 e. The van der Waals surface area contributed by atoms with Crippen molar-refractivity contribution in [3.05, 3.63) is 59.6 Å². The topological polar surface area (TPSA) is 99.6 Å². The molecule has 0 bridgehead atoms. The van der Waals surface area contributed by atoms with Gasteiger partial charge in [-0.05, 0) is 49.9 Å². The van der Waals surface area contributed by atoms with Crippen LogP contribution in [0.25, 0.3) is 16.9 Å². The first-order valence-corrected chi connectivity index (χ1v) is 11.2. The van der Waals surface area contributed by atoms with E-state index in [9.17, 15) is 13.2 Å². The number of hydrogen-bond donors (Lipinski definition) is 2. The Balaban J connectivity index is 0.000000429. The molecule has 188 valence electrons. The van der Waals surface area contributed by atoms with Gasteiger partial charge in [0.2, 0.25) is 5.88 Å². The third kappa shape index (κ3) is 7.12. The number of carboxylic acid groups (broad SMARTS) is 1. The molecule has 1 aromatic heterocycles. The van der Waals surface area contributed by atoms with Crippen molar-refractivity contribution < 1.29 is 32.5 Å². The quantitative estimate of drug-likeness (QED) is 0.470. The summed E-state index contributed by atoms with van der Waals surface area (Å²) in [6.45, 7) is 0. The second-order valence-corrected chi connectivity index (χ2v) is 8.35. The zero-order valence-corrected chi connectivity index (χ0v) is 19.6. The molecule has 1 saturated carbocycles. The highest BCUT2D eigenvalue weighted by atomic mass is 35.5. The number of alkyl halides is 3. The maximum atomic E-state index is 10.6. The number of halogens is 4. The summed E-state index contributed by atoms with van der Waals surface area (Å²) in [5.74, 6) is -1.40. The van der Waals surface area contributed by atoms with E-state index >= 15 is 0 Å². The van der Waals surface area contributed by atoms with Crippen molar-refractivity contribution in [3.63, 3.8) is 0 Å². The number of rotatable bonds is 5. The number of ether oxygens (including phenoxy) is 2. The molecule has 1 heterocycles. The number of para-hydroxylation sites is 2. The highest BCUT2D eigenvalue weighted by Crippen LogP contribution is 2.33. The monoisotopic (exact) mass is 511 g/mol. The molecular formula is C24H25ClF3N3O4. The van der Waals surface area contributed by atoms with Crippen LogP contribution in [0.1, 0.15) is 25.7 Å². The normalized spacial score (nSPS) is 17.8. The van der Waals surface area contributed by atoms with Gasteiger partial charge in [-0.25, -0.2) is 9.48 Å². The van der Waals surface area contributed by atoms with Gasteiger partial charge in [0.1, 0.15) is 17.5 Å². The molecule has 0 unspecified atom stereocenters. The van der Waals surface area contributed by atoms with Crippen LogP contribution in [0.3, 0.4) is 0 Å². The summed E-state index contributed by atoms with van der Waals surface area (Å²) in [6.07, 6.45) is -1.04. The van der Waals surface area contributed by atoms with Crippen molar-refractivity contribution in [2.75, 3.05) is 7.11 Å². The van der Waals surface area contributed by atoms with Crippen molar-refractivity contribution in [1.82, 2.24) is 9.78 Å². The minimum Gasteiger partial charge on any atom is -0.494 e. The predicted octanol–water partition coefficient (Wildman–Crippen LogP) is 5.48. The summed E-state index contributed by atoms with van der Waals surface area (Å²) in [4.78, 5) is 8.90. The first kappa shape index (κ1) is 26.4. The van der Waals surface area contributed by atoms with E-state index in [1.807, 2.05) is 59.3 Å². The number of nitrogens with two attached hydrogens (primary N) is 1. The summed E-state index contributed by atoms with van der Waals surface area (Å²) < 4.78 is 45.4. The van der Waals surface area contributed by atoms with Gasteiger partial charge in [-0.2, -0.15) is 13.2 Å². The van der Waals surface area contributed by atoms with Crippen LogP contribution in [0.4, 0.5) is 13.2 Å². The number of hydrogen-bond acceptors (Lipinski definition) is 5. The molecule has 4 rings (SSSR count). The number of aromatic nitrogens is 2. The number of carbonyl (C=O) groups is 1. The molecule has 11 heteroatoms. The minimum atomic E-state index is -5.08. The van der Waals surface area contributed by atoms with Gasteiger partial charge in [-0.3, -0.25) is 0 Å². The molecule has 7 nitrogen and oxygen atoms in total. The molecular weight excluding hydrogens is 487 g/mol. The van der Waals surface area contributed by atoms with Gasteiger partial charge in [0, 0.05) is 22.7 Å². The van der Waals surface area contributed by atoms with Crippen molar-refractivity contribution in [2.45, 2.75) is 44.0 Å². The van der Waals surface area contributed by atoms with Crippen LogP contribution in [0.5, 0.6) is 11.6 Å². The van der Waals surface area contributed by atoms with Gasteiger partial charge in [-0.1, -0.05) is 35.9 Å². The van der Waals surface area contributed by atoms with Gasteiger partial charge in [0.15, 0.2) is 0 Å². The van der Waals surface area contributed by atoms with Crippen LogP contribution in [0.15, 0.2) is 54.6 Å². The Morgan fingerprint density at radius 3 is 2.29 bits per heavy atom. The lowest BCUT2D eigenvalue weighted by atomic mass is 9.94. The molecule has 1 fully saturated rings. The van der Waals surface area contributed by atoms with Crippen LogP contribution >= 0.6 is 11.6 Å². The van der Waals surface area contributed by atoms with Crippen molar-refractivity contribution in [2.24, 2.45) is 5.73 Å². The van der Waals surface area contributed by atoms with Crippen molar-refractivity contribution in [1.29, 1.82) is 0 Å². The zero-order chi connectivity index (χ0) is 25.6. The second kappa shape index (κ2) is 11.5. The standard InChI is InChI=1S/C22H24ClN3O2.C2HF3O2/c1-27-21-5-3-2-4-19(21)26-20(15-6-8-16(23)9-7-15)14-22(25-26)28-18-12-10-17(24)11-13-18;3-2(4,5)1(6)7/h2-9,14,17-18H,10-13,24H2,1H3;(H,6,7)/t17-,18+;. The molecule has 3 aromatic rings. The number of methoxy groups -OCH3 is 1. The van der Waals surface area contributed by atoms with Gasteiger partial charge < -0.3 is 20.3 Å². The zero-order valence-electron chi connectivity index (χ0n) is 18.8. The fraction of sp³-hybridized carbons (Fsp3) is 0.333. The Labute approximate surface area is 205 Å². The van der Waals surface area contributed by atoms with E-state index in [1.54, 1.807) is 7.11 Å². The molecule has 0 atom stereocenters. The van der Waals surface area contributed by atoms with Crippen LogP contribution in [-0.2, 0) is 4.79 Å². The van der Waals surface area contributed by atoms with Gasteiger partial charge in [0.25, 0.3) is 0 Å². The van der Waals surface area contributed by atoms with Gasteiger partial charge in [-0.15, -0.1) is 5.10 Å². The summed E-state index contributed by atoms with van der Waals surface area (Å²) in [6, 6.07) is 17.8. The Bertz CT molecular complexity index is 1130. The Morgan fingerprint density at radius 2 is 1.71 bits per heavy atom. The molecule has 1 aliphatic carbocycles. The summed E-state index contributed by atoms with van der Waals surface area (Å²) >= 11 is 6.07. The Morgan fingerprint density at radius 1 is 1.11 bits per heavy atom. The lowest BCUT2D eigenvalue weighted by Crippen LogP contribution is -2.31. The molecule has 35 heavy (non-hydrogen) atoms. The van der Waals surface area contributed by atoms with Crippen LogP contribution < -0.4 is 15.2 Å². The van der Waals surface area contributed by atoms with Crippen LogP contribution in [0.2, 0.25) is 5.02 Å². The number of carboxylic acids is 1. The van der Waals surface area contributed by atoms with E-state index in [0.717, 1.165) is 48.4 Å². The fourth-order valence-electron chi connectivity index (χ4n) is 3.61. The Hall–Kier alpha value is -3.24. The van der Waals surface area contributed by atoms with Gasteiger partial charge in [0.05, 0.1) is 12.8 Å². The Kier molecular flexibility index (Phi) is 8.63. The summed E-state index contributed by atoms with van der Waals surface area (Å²) in [5.41, 5.74) is 8.79. The maximum absolute atomic E-state index is 10.6. The van der Waals surface area contributed by atoms with E-state index in [2.05, 4.69) is 0 Å². The summed E-state index contributed by atoms with van der Waals surface area (Å²) in [7, 11) is 1.66. The summed E-state index contributed by atoms with van der Waals surface area (Å²) in [5, 5.41) is 12.6. The predicted molar refractivity (Wildman–Crippen MR) is 125 cm³/mol. The maximum Gasteiger partial charge on any atom is 0.490 e. The van der Waals surface area contributed by atoms with E-state index in [1.165, 1.54) is 0 Å². The van der Waals surface area contributed by atoms with E-state index in [-0.39, 0.29) is 12.1 Å². The molecule has 1 aliphatic rings. The molecule has 0 radical (unpaired) electrons. The first-order chi connectivity index (χ1) is 16.6. The number of nitrogens with zero attached hydrogens (tertiary/aromatic N) is 2. The molecule has 0 amide bonds. The first-order valence-electron chi connectivity index (χ1n) is 10.8. The lowest BCUT2D eigenvalue weighted by Gasteiger charge is -2.25. The third-order valence-electron chi connectivity index (χ3n) is 5.39. The van der Waals surface area contributed by atoms with Crippen molar-refractivity contribution >= 4 is 17.6 Å². The minimum absolute atomic E-state index is 0.152. The molecule has 0 aliphatic heterocycles. The van der Waals surface area contributed by atoms with Crippen molar-refractivity contribution in [3.8, 4) is 28.6 Å².